The summed E-state index contributed by atoms with van der Waals surface area (Å²) in [7, 11) is -3.27. The summed E-state index contributed by atoms with van der Waals surface area (Å²) in [6.07, 6.45) is 0.679. The predicted molar refractivity (Wildman–Crippen MR) is 114 cm³/mol. The first-order valence-electron chi connectivity index (χ1n) is 10.2. The number of amides is 1. The summed E-state index contributed by atoms with van der Waals surface area (Å²) in [6.45, 7) is 10.2. The Bertz CT molecular complexity index is 950. The largest absolute Gasteiger partial charge is 0.443 e. The van der Waals surface area contributed by atoms with Gasteiger partial charge in [0.1, 0.15) is 11.3 Å². The van der Waals surface area contributed by atoms with E-state index < -0.39 is 45.3 Å². The molecule has 0 aromatic carbocycles. The van der Waals surface area contributed by atoms with Gasteiger partial charge < -0.3 is 9.57 Å². The molecule has 1 unspecified atom stereocenters. The molecule has 32 heavy (non-hydrogen) atoms. The lowest BCUT2D eigenvalue weighted by Gasteiger charge is -2.38. The molecule has 11 nitrogen and oxygen atoms in total. The second-order valence-electron chi connectivity index (χ2n) is 9.66. The average molecular weight is 478 g/mol. The van der Waals surface area contributed by atoms with Gasteiger partial charge in [0, 0.05) is 13.6 Å². The molecular formula is C19H32FN5O6S. The van der Waals surface area contributed by atoms with Gasteiger partial charge in [-0.3, -0.25) is 0 Å². The van der Waals surface area contributed by atoms with Crippen LogP contribution >= 0.6 is 0 Å². The van der Waals surface area contributed by atoms with E-state index in [2.05, 4.69) is 5.10 Å². The zero-order valence-corrected chi connectivity index (χ0v) is 20.3. The van der Waals surface area contributed by atoms with Gasteiger partial charge in [-0.05, 0) is 54.4 Å². The van der Waals surface area contributed by atoms with E-state index in [9.17, 15) is 22.4 Å². The Hall–Kier alpha value is -2.41. The Labute approximate surface area is 188 Å². The third kappa shape index (κ3) is 6.55. The number of piperidine rings is 1. The monoisotopic (exact) mass is 477 g/mol. The van der Waals surface area contributed by atoms with Gasteiger partial charge in [-0.25, -0.2) is 23.3 Å². The Balaban J connectivity index is 2.34. The lowest BCUT2D eigenvalue weighted by atomic mass is 9.98. The fourth-order valence-electron chi connectivity index (χ4n) is 2.98. The van der Waals surface area contributed by atoms with Crippen LogP contribution in [0.2, 0.25) is 0 Å². The molecule has 1 aliphatic heterocycles. The highest BCUT2D eigenvalue weighted by atomic mass is 32.2. The van der Waals surface area contributed by atoms with Gasteiger partial charge in [-0.15, -0.1) is 5.06 Å². The Morgan fingerprint density at radius 1 is 1.25 bits per heavy atom. The second kappa shape index (κ2) is 9.22. The van der Waals surface area contributed by atoms with Crippen molar-refractivity contribution in [1.82, 2.24) is 19.6 Å². The standard InChI is InChI=1S/C19H32FN5O6S/c1-18(2,3)16(26)31-24-10-8-9-13(12-24)25(14-11-21-23(7)15(14)20)32(28,29)22-17(27)30-19(4,5)6/h11,13H,8-10,12H2,1-7H3,(H,22,27). The Morgan fingerprint density at radius 2 is 1.88 bits per heavy atom. The minimum atomic E-state index is -4.59. The van der Waals surface area contributed by atoms with Crippen LogP contribution in [0.15, 0.2) is 6.20 Å². The van der Waals surface area contributed by atoms with Gasteiger partial charge in [0.2, 0.25) is 5.95 Å². The number of anilines is 1. The highest BCUT2D eigenvalue weighted by Gasteiger charge is 2.39. The van der Waals surface area contributed by atoms with Gasteiger partial charge in [0.05, 0.1) is 24.2 Å². The summed E-state index contributed by atoms with van der Waals surface area (Å²) in [6, 6.07) is -0.838. The van der Waals surface area contributed by atoms with Crippen molar-refractivity contribution in [3.63, 3.8) is 0 Å². The summed E-state index contributed by atoms with van der Waals surface area (Å²) in [4.78, 5) is 29.9. The first-order valence-corrected chi connectivity index (χ1v) is 11.7. The summed E-state index contributed by atoms with van der Waals surface area (Å²) < 4.78 is 49.6. The van der Waals surface area contributed by atoms with Crippen LogP contribution in [0, 0.1) is 11.4 Å². The molecule has 0 spiro atoms. The summed E-state index contributed by atoms with van der Waals surface area (Å²) in [5.41, 5.74) is -2.03. The molecule has 1 atom stereocenters. The number of aromatic nitrogens is 2. The molecule has 1 aromatic heterocycles. The fourth-order valence-corrected chi connectivity index (χ4v) is 4.28. The van der Waals surface area contributed by atoms with Crippen molar-refractivity contribution >= 4 is 28.0 Å². The van der Waals surface area contributed by atoms with E-state index in [1.165, 1.54) is 12.1 Å². The summed E-state index contributed by atoms with van der Waals surface area (Å²) in [5, 5.41) is 5.13. The van der Waals surface area contributed by atoms with Crippen LogP contribution < -0.4 is 9.03 Å². The van der Waals surface area contributed by atoms with Crippen molar-refractivity contribution in [2.75, 3.05) is 17.4 Å². The van der Waals surface area contributed by atoms with Crippen LogP contribution in [0.25, 0.3) is 0 Å². The molecule has 1 amide bonds. The maximum Gasteiger partial charge on any atom is 0.422 e. The SMILES string of the molecule is Cn1ncc(N(C2CCCN(OC(=O)C(C)(C)C)C2)S(=O)(=O)NC(=O)OC(C)(C)C)c1F. The molecule has 1 N–H and O–H groups in total. The topological polar surface area (TPSA) is 123 Å². The number of carbonyl (C=O) groups excluding carboxylic acids is 2. The molecule has 1 aliphatic rings. The van der Waals surface area contributed by atoms with E-state index in [4.69, 9.17) is 9.57 Å². The number of halogens is 1. The molecule has 2 heterocycles. The van der Waals surface area contributed by atoms with E-state index in [0.717, 1.165) is 15.2 Å². The van der Waals surface area contributed by atoms with Crippen molar-refractivity contribution in [2.45, 2.75) is 66.0 Å². The summed E-state index contributed by atoms with van der Waals surface area (Å²) >= 11 is 0. The van der Waals surface area contributed by atoms with Crippen LogP contribution in [0.1, 0.15) is 54.4 Å². The number of nitrogens with one attached hydrogen (secondary N) is 1. The number of rotatable bonds is 5. The van der Waals surface area contributed by atoms with Crippen LogP contribution in [0.4, 0.5) is 14.9 Å². The molecule has 1 fully saturated rings. The van der Waals surface area contributed by atoms with Crippen molar-refractivity contribution in [1.29, 1.82) is 0 Å². The van der Waals surface area contributed by atoms with E-state index in [0.29, 0.717) is 19.4 Å². The maximum absolute atomic E-state index is 14.7. The number of hydroxylamine groups is 2. The lowest BCUT2D eigenvalue weighted by Crippen LogP contribution is -2.55. The van der Waals surface area contributed by atoms with Crippen LogP contribution in [0.3, 0.4) is 0 Å². The average Bonchev–Trinajstić information content (AvgIpc) is 2.91. The van der Waals surface area contributed by atoms with Crippen LogP contribution in [0.5, 0.6) is 0 Å². The fraction of sp³-hybridized carbons (Fsp3) is 0.737. The molecule has 0 radical (unpaired) electrons. The van der Waals surface area contributed by atoms with Crippen molar-refractivity contribution in [2.24, 2.45) is 12.5 Å². The smallest absolute Gasteiger partial charge is 0.422 e. The zero-order chi connectivity index (χ0) is 24.5. The molecule has 13 heteroatoms. The number of carbonyl (C=O) groups is 2. The third-order valence-corrected chi connectivity index (χ3v) is 5.91. The number of ether oxygens (including phenoxy) is 1. The number of hydrogen-bond acceptors (Lipinski definition) is 8. The Morgan fingerprint density at radius 3 is 2.38 bits per heavy atom. The summed E-state index contributed by atoms with van der Waals surface area (Å²) in [5.74, 6) is -1.38. The molecule has 1 aromatic rings. The zero-order valence-electron chi connectivity index (χ0n) is 19.5. The van der Waals surface area contributed by atoms with E-state index in [1.54, 1.807) is 41.5 Å². The van der Waals surface area contributed by atoms with Gasteiger partial charge in [0.25, 0.3) is 0 Å². The van der Waals surface area contributed by atoms with Crippen molar-refractivity contribution in [3.8, 4) is 0 Å². The lowest BCUT2D eigenvalue weighted by molar-refractivity contribution is -0.204. The van der Waals surface area contributed by atoms with Crippen molar-refractivity contribution in [3.05, 3.63) is 12.1 Å². The van der Waals surface area contributed by atoms with Gasteiger partial charge in [-0.1, -0.05) is 0 Å². The number of aryl methyl sites for hydroxylation is 1. The van der Waals surface area contributed by atoms with Gasteiger partial charge in [0.15, 0.2) is 0 Å². The molecule has 182 valence electrons. The minimum Gasteiger partial charge on any atom is -0.443 e. The van der Waals surface area contributed by atoms with Gasteiger partial charge in [-0.2, -0.15) is 17.9 Å². The molecular weight excluding hydrogens is 445 g/mol. The third-order valence-electron chi connectivity index (χ3n) is 4.47. The Kier molecular flexibility index (Phi) is 7.45. The quantitative estimate of drug-likeness (QED) is 0.684. The predicted octanol–water partition coefficient (Wildman–Crippen LogP) is 2.10. The molecule has 0 aliphatic carbocycles. The van der Waals surface area contributed by atoms with Gasteiger partial charge >= 0.3 is 22.3 Å². The second-order valence-corrected chi connectivity index (χ2v) is 11.2. The molecule has 0 saturated carbocycles. The number of nitrogens with zero attached hydrogens (tertiary/aromatic N) is 4. The van der Waals surface area contributed by atoms with E-state index in [1.807, 2.05) is 4.72 Å². The van der Waals surface area contributed by atoms with Crippen molar-refractivity contribution < 1.29 is 32.0 Å². The first-order chi connectivity index (χ1) is 14.5. The molecule has 0 bridgehead atoms. The maximum atomic E-state index is 14.7. The van der Waals surface area contributed by atoms with Crippen LogP contribution in [-0.4, -0.2) is 60.1 Å². The van der Waals surface area contributed by atoms with Crippen LogP contribution in [-0.2, 0) is 31.6 Å². The number of hydrogen-bond donors (Lipinski definition) is 1. The highest BCUT2D eigenvalue weighted by Crippen LogP contribution is 2.29. The molecule has 1 saturated heterocycles. The van der Waals surface area contributed by atoms with E-state index in [-0.39, 0.29) is 12.2 Å². The minimum absolute atomic E-state index is 0.0224. The normalized spacial score (nSPS) is 18.2. The first kappa shape index (κ1) is 25.8. The van der Waals surface area contributed by atoms with E-state index >= 15 is 0 Å². The highest BCUT2D eigenvalue weighted by molar-refractivity contribution is 7.91. The molecule has 2 rings (SSSR count).